The van der Waals surface area contributed by atoms with Gasteiger partial charge >= 0.3 is 0 Å². The quantitative estimate of drug-likeness (QED) is 0.205. The average molecular weight is 636 g/mol. The second-order valence-corrected chi connectivity index (χ2v) is 10.1. The Hall–Kier alpha value is -3.31. The van der Waals surface area contributed by atoms with E-state index in [9.17, 15) is 9.59 Å². The topological polar surface area (TPSA) is 86.3 Å². The molecule has 12 heteroatoms. The molecule has 0 aromatic heterocycles. The maximum absolute atomic E-state index is 13.4. The van der Waals surface area contributed by atoms with Gasteiger partial charge in [-0.3, -0.25) is 19.8 Å². The summed E-state index contributed by atoms with van der Waals surface area (Å²) in [5.74, 6) is 0.885. The highest BCUT2D eigenvalue weighted by molar-refractivity contribution is 9.10. The van der Waals surface area contributed by atoms with Crippen LogP contribution in [-0.2, 0) is 16.2 Å². The molecule has 2 aliphatic heterocycles. The average Bonchev–Trinajstić information content (AvgIpc) is 3.36. The number of nitrogens with zero attached hydrogens (tertiary/aromatic N) is 1. The van der Waals surface area contributed by atoms with Crippen LogP contribution in [0.3, 0.4) is 0 Å². The second kappa shape index (κ2) is 10.8. The fourth-order valence-electron chi connectivity index (χ4n) is 3.82. The molecule has 8 nitrogen and oxygen atoms in total. The first kappa shape index (κ1) is 26.3. The van der Waals surface area contributed by atoms with Crippen LogP contribution >= 0.6 is 51.3 Å². The van der Waals surface area contributed by atoms with E-state index in [1.54, 1.807) is 30.3 Å². The van der Waals surface area contributed by atoms with Gasteiger partial charge in [0, 0.05) is 4.47 Å². The Bertz CT molecular complexity index is 1530. The monoisotopic (exact) mass is 634 g/mol. The largest absolute Gasteiger partial charge is 0.493 e. The number of benzene rings is 3. The predicted octanol–water partition coefficient (Wildman–Crippen LogP) is 5.90. The Morgan fingerprint density at radius 3 is 2.68 bits per heavy atom. The molecule has 1 fully saturated rings. The minimum absolute atomic E-state index is 0.106. The van der Waals surface area contributed by atoms with Gasteiger partial charge in [-0.25, -0.2) is 0 Å². The van der Waals surface area contributed by atoms with Crippen LogP contribution in [0.1, 0.15) is 11.1 Å². The number of anilines is 1. The van der Waals surface area contributed by atoms with Crippen LogP contribution in [0, 0.1) is 0 Å². The van der Waals surface area contributed by atoms with Crippen LogP contribution in [0.4, 0.5) is 5.69 Å². The molecule has 5 rings (SSSR count). The third-order valence-electron chi connectivity index (χ3n) is 5.69. The van der Waals surface area contributed by atoms with E-state index >= 15 is 0 Å². The molecule has 3 aromatic rings. The molecule has 0 saturated carbocycles. The number of halogens is 3. The van der Waals surface area contributed by atoms with Crippen molar-refractivity contribution in [2.75, 3.05) is 18.8 Å². The molecule has 3 aromatic carbocycles. The highest BCUT2D eigenvalue weighted by Crippen LogP contribution is 2.38. The number of amides is 2. The molecule has 0 bridgehead atoms. The minimum atomic E-state index is -0.656. The van der Waals surface area contributed by atoms with Crippen LogP contribution in [0.5, 0.6) is 23.0 Å². The number of rotatable bonds is 6. The van der Waals surface area contributed by atoms with E-state index in [-0.39, 0.29) is 39.8 Å². The number of carbonyl (C=O) groups excluding carboxylic acids is 2. The molecule has 1 saturated heterocycles. The van der Waals surface area contributed by atoms with E-state index in [1.165, 1.54) is 13.2 Å². The summed E-state index contributed by atoms with van der Waals surface area (Å²) in [4.78, 5) is 27.3. The van der Waals surface area contributed by atoms with Crippen molar-refractivity contribution in [3.8, 4) is 23.0 Å². The Balaban J connectivity index is 1.43. The number of nitrogens with one attached hydrogen (secondary N) is 1. The van der Waals surface area contributed by atoms with Gasteiger partial charge in [-0.05, 0) is 65.8 Å². The lowest BCUT2D eigenvalue weighted by molar-refractivity contribution is -0.122. The van der Waals surface area contributed by atoms with Gasteiger partial charge in [-0.1, -0.05) is 51.3 Å². The number of hydrogen-bond acceptors (Lipinski definition) is 7. The molecule has 194 valence electrons. The Kier molecular flexibility index (Phi) is 7.49. The van der Waals surface area contributed by atoms with Crippen molar-refractivity contribution in [2.24, 2.45) is 0 Å². The molecule has 38 heavy (non-hydrogen) atoms. The zero-order valence-electron chi connectivity index (χ0n) is 19.5. The Morgan fingerprint density at radius 2 is 1.89 bits per heavy atom. The second-order valence-electron chi connectivity index (χ2n) is 8.03. The maximum atomic E-state index is 13.4. The zero-order valence-corrected chi connectivity index (χ0v) is 23.5. The number of methoxy groups -OCH3 is 1. The molecule has 2 heterocycles. The van der Waals surface area contributed by atoms with Crippen LogP contribution in [0.15, 0.2) is 58.6 Å². The lowest BCUT2D eigenvalue weighted by Crippen LogP contribution is -2.54. The van der Waals surface area contributed by atoms with Gasteiger partial charge in [0.2, 0.25) is 6.79 Å². The summed E-state index contributed by atoms with van der Waals surface area (Å²) in [5.41, 5.74) is 1.47. The van der Waals surface area contributed by atoms with E-state index in [2.05, 4.69) is 21.2 Å². The Morgan fingerprint density at radius 1 is 1.11 bits per heavy atom. The number of thiocarbonyl (C=S) groups is 1. The fourth-order valence-corrected chi connectivity index (χ4v) is 4.91. The molecule has 0 radical (unpaired) electrons. The molecular weight excluding hydrogens is 619 g/mol. The van der Waals surface area contributed by atoms with Crippen molar-refractivity contribution >= 4 is 80.0 Å². The normalized spacial score (nSPS) is 15.6. The molecule has 0 spiro atoms. The summed E-state index contributed by atoms with van der Waals surface area (Å²) >= 11 is 21.2. The predicted molar refractivity (Wildman–Crippen MR) is 150 cm³/mol. The lowest BCUT2D eigenvalue weighted by Gasteiger charge is -2.29. The molecule has 0 unspecified atom stereocenters. The van der Waals surface area contributed by atoms with Crippen molar-refractivity contribution in [1.82, 2.24) is 5.32 Å². The standard InChI is InChI=1S/C26H17BrCl2N2O6S/c1-34-20-9-14(16(27)10-22(20)35-11-13-5-6-19-21(7-13)37-12-36-19)8-15-24(32)30-26(38)31(25(15)33)18-4-2-3-17(28)23(18)29/h2-10H,11-12H2,1H3,(H,30,32,38)/b15-8+. The summed E-state index contributed by atoms with van der Waals surface area (Å²) in [5, 5.41) is 2.80. The van der Waals surface area contributed by atoms with E-state index in [0.29, 0.717) is 33.0 Å². The summed E-state index contributed by atoms with van der Waals surface area (Å²) in [6.45, 7) is 0.432. The maximum Gasteiger partial charge on any atom is 0.270 e. The Labute approximate surface area is 241 Å². The SMILES string of the molecule is COc1cc(/C=C2\C(=O)NC(=S)N(c3cccc(Cl)c3Cl)C2=O)c(Br)cc1OCc1ccc2c(c1)OCO2. The number of ether oxygens (including phenoxy) is 4. The highest BCUT2D eigenvalue weighted by Gasteiger charge is 2.36. The van der Waals surface area contributed by atoms with Gasteiger partial charge < -0.3 is 18.9 Å². The van der Waals surface area contributed by atoms with Gasteiger partial charge in [-0.15, -0.1) is 0 Å². The van der Waals surface area contributed by atoms with Gasteiger partial charge in [0.25, 0.3) is 11.8 Å². The van der Waals surface area contributed by atoms with E-state index in [4.69, 9.17) is 54.4 Å². The third-order valence-corrected chi connectivity index (χ3v) is 7.47. The number of carbonyl (C=O) groups is 2. The summed E-state index contributed by atoms with van der Waals surface area (Å²) in [6.07, 6.45) is 1.43. The fraction of sp³-hybridized carbons (Fsp3) is 0.115. The summed E-state index contributed by atoms with van der Waals surface area (Å²) < 4.78 is 22.8. The van der Waals surface area contributed by atoms with E-state index < -0.39 is 11.8 Å². The van der Waals surface area contributed by atoms with E-state index in [1.807, 2.05) is 18.2 Å². The zero-order chi connectivity index (χ0) is 27.0. The summed E-state index contributed by atoms with van der Waals surface area (Å²) in [6, 6.07) is 13.7. The smallest absolute Gasteiger partial charge is 0.270 e. The van der Waals surface area contributed by atoms with Gasteiger partial charge in [0.1, 0.15) is 12.2 Å². The molecule has 0 aliphatic carbocycles. The molecule has 1 N–H and O–H groups in total. The highest BCUT2D eigenvalue weighted by atomic mass is 79.9. The molecular formula is C26H17BrCl2N2O6S. The van der Waals surface area contributed by atoms with Crippen LogP contribution in [0.2, 0.25) is 10.0 Å². The van der Waals surface area contributed by atoms with Crippen molar-refractivity contribution in [3.05, 3.63) is 79.7 Å². The third kappa shape index (κ3) is 5.04. The summed E-state index contributed by atoms with van der Waals surface area (Å²) in [7, 11) is 1.49. The van der Waals surface area contributed by atoms with Crippen molar-refractivity contribution in [3.63, 3.8) is 0 Å². The van der Waals surface area contributed by atoms with Gasteiger partial charge in [-0.2, -0.15) is 0 Å². The first-order valence-electron chi connectivity index (χ1n) is 11.0. The molecule has 2 amide bonds. The first-order chi connectivity index (χ1) is 18.3. The van der Waals surface area contributed by atoms with Crippen molar-refractivity contribution in [2.45, 2.75) is 6.61 Å². The van der Waals surface area contributed by atoms with E-state index in [0.717, 1.165) is 10.5 Å². The van der Waals surface area contributed by atoms with Gasteiger partial charge in [0.15, 0.2) is 28.1 Å². The van der Waals surface area contributed by atoms with Crippen LogP contribution < -0.4 is 29.2 Å². The number of hydrogen-bond donors (Lipinski definition) is 1. The van der Waals surface area contributed by atoms with Crippen LogP contribution in [-0.4, -0.2) is 30.8 Å². The first-order valence-corrected chi connectivity index (χ1v) is 13.0. The van der Waals surface area contributed by atoms with Gasteiger partial charge in [0.05, 0.1) is 22.8 Å². The minimum Gasteiger partial charge on any atom is -0.493 e. The van der Waals surface area contributed by atoms with Crippen molar-refractivity contribution < 1.29 is 28.5 Å². The van der Waals surface area contributed by atoms with Crippen LogP contribution in [0.25, 0.3) is 6.08 Å². The number of fused-ring (bicyclic) bond motifs is 1. The lowest BCUT2D eigenvalue weighted by atomic mass is 10.1. The molecule has 0 atom stereocenters. The molecule has 2 aliphatic rings. The van der Waals surface area contributed by atoms with Crippen molar-refractivity contribution in [1.29, 1.82) is 0 Å².